The maximum absolute atomic E-state index is 10.8. The zero-order valence-electron chi connectivity index (χ0n) is 11.6. The predicted octanol–water partition coefficient (Wildman–Crippen LogP) is 2.94. The zero-order chi connectivity index (χ0) is 14.4. The molecule has 1 unspecified atom stereocenters. The Kier molecular flexibility index (Phi) is 5.76. The lowest BCUT2D eigenvalue weighted by atomic mass is 9.99. The summed E-state index contributed by atoms with van der Waals surface area (Å²) in [4.78, 5) is 10.4. The van der Waals surface area contributed by atoms with Crippen LogP contribution in [0.15, 0.2) is 18.2 Å². The number of nitro groups is 1. The first-order valence-electron chi connectivity index (χ1n) is 6.42. The van der Waals surface area contributed by atoms with E-state index in [1.807, 2.05) is 0 Å². The Bertz CT molecular complexity index is 431. The van der Waals surface area contributed by atoms with E-state index in [2.05, 4.69) is 13.8 Å². The minimum absolute atomic E-state index is 0.0210. The smallest absolute Gasteiger partial charge is 0.273 e. The van der Waals surface area contributed by atoms with Gasteiger partial charge in [0.1, 0.15) is 5.75 Å². The molecular formula is C14H21NO4. The first-order valence-corrected chi connectivity index (χ1v) is 6.42. The molecule has 0 aliphatic heterocycles. The lowest BCUT2D eigenvalue weighted by molar-refractivity contribution is -0.385. The number of nitro benzene ring substituents is 1. The summed E-state index contributed by atoms with van der Waals surface area (Å²) < 4.78 is 5.05. The standard InChI is InChI=1S/C14H21NO4/c1-10(2)6-13(16)5-4-11-7-12(15(17)18)9-14(8-11)19-3/h7-10,13,16H,4-6H2,1-3H3. The average Bonchev–Trinajstić information content (AvgIpc) is 2.35. The summed E-state index contributed by atoms with van der Waals surface area (Å²) >= 11 is 0. The quantitative estimate of drug-likeness (QED) is 0.609. The van der Waals surface area contributed by atoms with E-state index in [1.165, 1.54) is 19.2 Å². The fraction of sp³-hybridized carbons (Fsp3) is 0.571. The highest BCUT2D eigenvalue weighted by Crippen LogP contribution is 2.24. The molecule has 0 radical (unpaired) electrons. The molecule has 0 heterocycles. The maximum atomic E-state index is 10.8. The lowest BCUT2D eigenvalue weighted by Crippen LogP contribution is -2.11. The second-order valence-electron chi connectivity index (χ2n) is 5.12. The van der Waals surface area contributed by atoms with Gasteiger partial charge in [0.25, 0.3) is 5.69 Å². The number of hydrogen-bond acceptors (Lipinski definition) is 4. The minimum atomic E-state index is -0.434. The van der Waals surface area contributed by atoms with Gasteiger partial charge in [0.05, 0.1) is 24.2 Å². The highest BCUT2D eigenvalue weighted by atomic mass is 16.6. The first kappa shape index (κ1) is 15.4. The van der Waals surface area contributed by atoms with Crippen molar-refractivity contribution in [1.29, 1.82) is 0 Å². The van der Waals surface area contributed by atoms with Crippen LogP contribution in [0, 0.1) is 16.0 Å². The molecule has 1 rings (SSSR count). The molecule has 19 heavy (non-hydrogen) atoms. The summed E-state index contributed by atoms with van der Waals surface area (Å²) in [5.41, 5.74) is 0.835. The van der Waals surface area contributed by atoms with E-state index in [0.29, 0.717) is 24.5 Å². The molecule has 1 N–H and O–H groups in total. The molecular weight excluding hydrogens is 246 g/mol. The highest BCUT2D eigenvalue weighted by Gasteiger charge is 2.12. The number of aliphatic hydroxyl groups is 1. The van der Waals surface area contributed by atoms with Crippen LogP contribution in [0.4, 0.5) is 5.69 Å². The molecule has 0 saturated heterocycles. The number of rotatable bonds is 7. The second kappa shape index (κ2) is 7.09. The fourth-order valence-corrected chi connectivity index (χ4v) is 2.01. The molecule has 0 aliphatic rings. The molecule has 0 bridgehead atoms. The number of ether oxygens (including phenoxy) is 1. The molecule has 0 fully saturated rings. The number of aryl methyl sites for hydroxylation is 1. The molecule has 0 amide bonds. The zero-order valence-corrected chi connectivity index (χ0v) is 11.6. The molecule has 106 valence electrons. The summed E-state index contributed by atoms with van der Waals surface area (Å²) in [6, 6.07) is 4.70. The average molecular weight is 267 g/mol. The van der Waals surface area contributed by atoms with Gasteiger partial charge in [-0.05, 0) is 36.8 Å². The van der Waals surface area contributed by atoms with Crippen molar-refractivity contribution in [2.45, 2.75) is 39.2 Å². The molecule has 1 atom stereocenters. The number of non-ortho nitro benzene ring substituents is 1. The van der Waals surface area contributed by atoms with Crippen LogP contribution in [-0.2, 0) is 6.42 Å². The van der Waals surface area contributed by atoms with Crippen molar-refractivity contribution in [2.24, 2.45) is 5.92 Å². The van der Waals surface area contributed by atoms with Crippen LogP contribution in [-0.4, -0.2) is 23.2 Å². The molecule has 0 spiro atoms. The van der Waals surface area contributed by atoms with E-state index in [9.17, 15) is 15.2 Å². The predicted molar refractivity (Wildman–Crippen MR) is 73.4 cm³/mol. The summed E-state index contributed by atoms with van der Waals surface area (Å²) in [7, 11) is 1.48. The molecule has 0 aromatic heterocycles. The Morgan fingerprint density at radius 3 is 2.58 bits per heavy atom. The molecule has 5 heteroatoms. The Labute approximate surface area is 113 Å². The van der Waals surface area contributed by atoms with Crippen molar-refractivity contribution in [3.63, 3.8) is 0 Å². The first-order chi connectivity index (χ1) is 8.92. The SMILES string of the molecule is COc1cc(CCC(O)CC(C)C)cc([N+](=O)[O-])c1. The number of methoxy groups -OCH3 is 1. The van der Waals surface area contributed by atoms with Crippen molar-refractivity contribution >= 4 is 5.69 Å². The van der Waals surface area contributed by atoms with Crippen LogP contribution < -0.4 is 4.74 Å². The van der Waals surface area contributed by atoms with E-state index < -0.39 is 4.92 Å². The van der Waals surface area contributed by atoms with E-state index in [4.69, 9.17) is 4.74 Å². The Morgan fingerprint density at radius 2 is 2.05 bits per heavy atom. The molecule has 1 aromatic carbocycles. The van der Waals surface area contributed by atoms with Gasteiger partial charge in [-0.3, -0.25) is 10.1 Å². The number of nitrogens with zero attached hydrogens (tertiary/aromatic N) is 1. The summed E-state index contributed by atoms with van der Waals surface area (Å²) in [6.45, 7) is 4.11. The monoisotopic (exact) mass is 267 g/mol. The van der Waals surface area contributed by atoms with Gasteiger partial charge in [0.2, 0.25) is 0 Å². The van der Waals surface area contributed by atoms with Gasteiger partial charge in [-0.1, -0.05) is 13.8 Å². The topological polar surface area (TPSA) is 72.6 Å². The Morgan fingerprint density at radius 1 is 1.37 bits per heavy atom. The van der Waals surface area contributed by atoms with E-state index >= 15 is 0 Å². The third-order valence-corrected chi connectivity index (χ3v) is 2.91. The number of aliphatic hydroxyl groups excluding tert-OH is 1. The molecule has 0 aliphatic carbocycles. The van der Waals surface area contributed by atoms with Crippen LogP contribution in [0.1, 0.15) is 32.3 Å². The third kappa shape index (κ3) is 5.26. The highest BCUT2D eigenvalue weighted by molar-refractivity contribution is 5.42. The number of hydrogen-bond donors (Lipinski definition) is 1. The Balaban J connectivity index is 2.72. The van der Waals surface area contributed by atoms with Gasteiger partial charge in [-0.25, -0.2) is 0 Å². The maximum Gasteiger partial charge on any atom is 0.273 e. The third-order valence-electron chi connectivity index (χ3n) is 2.91. The van der Waals surface area contributed by atoms with Gasteiger partial charge in [-0.2, -0.15) is 0 Å². The normalized spacial score (nSPS) is 12.5. The van der Waals surface area contributed by atoms with Gasteiger partial charge < -0.3 is 9.84 Å². The van der Waals surface area contributed by atoms with Gasteiger partial charge >= 0.3 is 0 Å². The van der Waals surface area contributed by atoms with Crippen LogP contribution in [0.3, 0.4) is 0 Å². The largest absolute Gasteiger partial charge is 0.496 e. The van der Waals surface area contributed by atoms with Crippen LogP contribution >= 0.6 is 0 Å². The van der Waals surface area contributed by atoms with Crippen LogP contribution in [0.25, 0.3) is 0 Å². The van der Waals surface area contributed by atoms with E-state index in [1.54, 1.807) is 6.07 Å². The minimum Gasteiger partial charge on any atom is -0.496 e. The molecule has 0 saturated carbocycles. The summed E-state index contributed by atoms with van der Waals surface area (Å²) in [5, 5.41) is 20.6. The van der Waals surface area contributed by atoms with E-state index in [0.717, 1.165) is 12.0 Å². The molecule has 5 nitrogen and oxygen atoms in total. The van der Waals surface area contributed by atoms with Crippen molar-refractivity contribution in [1.82, 2.24) is 0 Å². The van der Waals surface area contributed by atoms with Crippen LogP contribution in [0.5, 0.6) is 5.75 Å². The Hall–Kier alpha value is -1.62. The summed E-state index contributed by atoms with van der Waals surface area (Å²) in [6.07, 6.45) is 1.57. The van der Waals surface area contributed by atoms with Crippen LogP contribution in [0.2, 0.25) is 0 Å². The molecule has 1 aromatic rings. The lowest BCUT2D eigenvalue weighted by Gasteiger charge is -2.13. The second-order valence-corrected chi connectivity index (χ2v) is 5.12. The number of benzene rings is 1. The van der Waals surface area contributed by atoms with Gasteiger partial charge in [0, 0.05) is 6.07 Å². The summed E-state index contributed by atoms with van der Waals surface area (Å²) in [5.74, 6) is 0.914. The van der Waals surface area contributed by atoms with Crippen molar-refractivity contribution in [3.8, 4) is 5.75 Å². The van der Waals surface area contributed by atoms with Gasteiger partial charge in [-0.15, -0.1) is 0 Å². The van der Waals surface area contributed by atoms with Crippen molar-refractivity contribution in [2.75, 3.05) is 7.11 Å². The van der Waals surface area contributed by atoms with Crippen molar-refractivity contribution < 1.29 is 14.8 Å². The fourth-order valence-electron chi connectivity index (χ4n) is 2.01. The van der Waals surface area contributed by atoms with Gasteiger partial charge in [0.15, 0.2) is 0 Å². The van der Waals surface area contributed by atoms with Crippen molar-refractivity contribution in [3.05, 3.63) is 33.9 Å². The van der Waals surface area contributed by atoms with E-state index in [-0.39, 0.29) is 11.8 Å².